The largest absolute Gasteiger partial charge is 0.453 e. The molecule has 2 aromatic carbocycles. The van der Waals surface area contributed by atoms with Gasteiger partial charge in [0.25, 0.3) is 0 Å². The monoisotopic (exact) mass is 514 g/mol. The van der Waals surface area contributed by atoms with Crippen LogP contribution < -0.4 is 0 Å². The number of esters is 2. The van der Waals surface area contributed by atoms with Crippen LogP contribution in [0.1, 0.15) is 61.3 Å². The van der Waals surface area contributed by atoms with Crippen LogP contribution in [0.4, 0.5) is 0 Å². The number of carbonyl (C=O) groups excluding carboxylic acids is 2. The first-order valence-electron chi connectivity index (χ1n) is 12.8. The van der Waals surface area contributed by atoms with Crippen molar-refractivity contribution < 1.29 is 38.4 Å². The van der Waals surface area contributed by atoms with Crippen LogP contribution >= 0.6 is 0 Å². The van der Waals surface area contributed by atoms with Crippen LogP contribution in [0.25, 0.3) is 0 Å². The van der Waals surface area contributed by atoms with Crippen molar-refractivity contribution in [3.05, 3.63) is 71.8 Å². The van der Waals surface area contributed by atoms with Gasteiger partial charge in [0.2, 0.25) is 0 Å². The molecule has 2 unspecified atom stereocenters. The molecule has 4 rings (SSSR count). The quantitative estimate of drug-likeness (QED) is 0.535. The molecule has 2 fully saturated rings. The highest BCUT2D eigenvalue weighted by Crippen LogP contribution is 2.32. The number of aliphatic hydroxyl groups is 1. The number of hydrogen-bond donors (Lipinski definition) is 1. The van der Waals surface area contributed by atoms with E-state index in [9.17, 15) is 14.7 Å². The van der Waals surface area contributed by atoms with Gasteiger partial charge in [-0.3, -0.25) is 0 Å². The molecule has 2 aliphatic heterocycles. The molecular formula is C29H38O8. The molecule has 0 bridgehead atoms. The summed E-state index contributed by atoms with van der Waals surface area (Å²) in [5.74, 6) is -0.632. The van der Waals surface area contributed by atoms with Crippen molar-refractivity contribution in [2.24, 2.45) is 11.8 Å². The van der Waals surface area contributed by atoms with Gasteiger partial charge in [0.05, 0.1) is 23.3 Å². The third-order valence-corrected chi connectivity index (χ3v) is 6.92. The van der Waals surface area contributed by atoms with E-state index >= 15 is 0 Å². The Morgan fingerprint density at radius 3 is 1.62 bits per heavy atom. The second kappa shape index (κ2) is 13.7. The van der Waals surface area contributed by atoms with Gasteiger partial charge in [-0.15, -0.1) is 0 Å². The summed E-state index contributed by atoms with van der Waals surface area (Å²) in [6, 6.07) is 17.7. The summed E-state index contributed by atoms with van der Waals surface area (Å²) in [6.45, 7) is 7.98. The van der Waals surface area contributed by atoms with Crippen LogP contribution in [0.5, 0.6) is 0 Å². The number of benzene rings is 2. The Balaban J connectivity index is 0.000000206. The fraction of sp³-hybridized carbons (Fsp3) is 0.517. The van der Waals surface area contributed by atoms with Crippen LogP contribution in [0.15, 0.2) is 60.7 Å². The van der Waals surface area contributed by atoms with E-state index in [-0.39, 0.29) is 36.1 Å². The lowest BCUT2D eigenvalue weighted by Crippen LogP contribution is -2.32. The van der Waals surface area contributed by atoms with E-state index in [1.54, 1.807) is 43.5 Å². The minimum atomic E-state index is -1.03. The summed E-state index contributed by atoms with van der Waals surface area (Å²) < 4.78 is 27.2. The molecule has 8 nitrogen and oxygen atoms in total. The number of ether oxygens (including phenoxy) is 5. The van der Waals surface area contributed by atoms with E-state index in [2.05, 4.69) is 6.92 Å². The summed E-state index contributed by atoms with van der Waals surface area (Å²) in [6.07, 6.45) is -0.791. The average molecular weight is 515 g/mol. The zero-order valence-electron chi connectivity index (χ0n) is 22.1. The van der Waals surface area contributed by atoms with E-state index in [0.717, 1.165) is 12.8 Å². The number of aliphatic hydroxyl groups excluding tert-OH is 1. The Hall–Kier alpha value is -2.78. The van der Waals surface area contributed by atoms with Crippen molar-refractivity contribution in [2.45, 2.75) is 77.5 Å². The Labute approximate surface area is 218 Å². The SMILES string of the molecule is CC[C@@H]1OC(O)[C@H](OC(=O)c2ccccc2)[C@@H]1C.CC[C@@H]1OC(OC)[C@H](OC(=O)c2ccccc2)[C@@H]1C. The maximum Gasteiger partial charge on any atom is 0.338 e. The van der Waals surface area contributed by atoms with Gasteiger partial charge in [-0.2, -0.15) is 0 Å². The van der Waals surface area contributed by atoms with Gasteiger partial charge in [0.1, 0.15) is 0 Å². The van der Waals surface area contributed by atoms with Gasteiger partial charge in [-0.05, 0) is 37.1 Å². The Morgan fingerprint density at radius 2 is 1.19 bits per heavy atom. The minimum Gasteiger partial charge on any atom is -0.453 e. The van der Waals surface area contributed by atoms with Crippen molar-refractivity contribution in [1.29, 1.82) is 0 Å². The average Bonchev–Trinajstić information content (AvgIpc) is 3.39. The first-order valence-corrected chi connectivity index (χ1v) is 12.8. The molecule has 0 aromatic heterocycles. The zero-order chi connectivity index (χ0) is 26.9. The lowest BCUT2D eigenvalue weighted by Gasteiger charge is -2.20. The van der Waals surface area contributed by atoms with Crippen LogP contribution in [0, 0.1) is 11.8 Å². The molecule has 1 N–H and O–H groups in total. The molecule has 37 heavy (non-hydrogen) atoms. The molecule has 0 aliphatic carbocycles. The second-order valence-electron chi connectivity index (χ2n) is 9.35. The Bertz CT molecular complexity index is 980. The van der Waals surface area contributed by atoms with Gasteiger partial charge in [0, 0.05) is 18.9 Å². The first-order chi connectivity index (χ1) is 17.8. The second-order valence-corrected chi connectivity index (χ2v) is 9.35. The van der Waals surface area contributed by atoms with Crippen molar-refractivity contribution in [1.82, 2.24) is 0 Å². The summed E-state index contributed by atoms with van der Waals surface area (Å²) in [7, 11) is 1.57. The number of hydrogen-bond acceptors (Lipinski definition) is 8. The van der Waals surface area contributed by atoms with Gasteiger partial charge in [-0.25, -0.2) is 9.59 Å². The van der Waals surface area contributed by atoms with E-state index in [1.807, 2.05) is 45.0 Å². The molecule has 2 aromatic rings. The zero-order valence-corrected chi connectivity index (χ0v) is 22.1. The third-order valence-electron chi connectivity index (χ3n) is 6.92. The maximum atomic E-state index is 12.1. The lowest BCUT2D eigenvalue weighted by atomic mass is 9.99. The van der Waals surface area contributed by atoms with E-state index in [0.29, 0.717) is 11.1 Å². The fourth-order valence-corrected chi connectivity index (χ4v) is 4.67. The Kier molecular flexibility index (Phi) is 10.6. The molecule has 0 amide bonds. The topological polar surface area (TPSA) is 101 Å². The highest BCUT2D eigenvalue weighted by Gasteiger charge is 2.44. The Morgan fingerprint density at radius 1 is 0.757 bits per heavy atom. The highest BCUT2D eigenvalue weighted by atomic mass is 16.7. The van der Waals surface area contributed by atoms with Crippen molar-refractivity contribution in [3.63, 3.8) is 0 Å². The molecule has 0 radical (unpaired) electrons. The van der Waals surface area contributed by atoms with E-state index in [4.69, 9.17) is 23.7 Å². The van der Waals surface area contributed by atoms with Crippen LogP contribution in [-0.4, -0.2) is 61.2 Å². The van der Waals surface area contributed by atoms with E-state index in [1.165, 1.54) is 0 Å². The van der Waals surface area contributed by atoms with Gasteiger partial charge < -0.3 is 28.8 Å². The van der Waals surface area contributed by atoms with Gasteiger partial charge >= 0.3 is 11.9 Å². The molecular weight excluding hydrogens is 476 g/mol. The number of methoxy groups -OCH3 is 1. The predicted molar refractivity (Wildman–Crippen MR) is 137 cm³/mol. The summed E-state index contributed by atoms with van der Waals surface area (Å²) in [5, 5.41) is 9.76. The van der Waals surface area contributed by atoms with Gasteiger partial charge in [-0.1, -0.05) is 64.1 Å². The van der Waals surface area contributed by atoms with Crippen LogP contribution in [-0.2, 0) is 23.7 Å². The molecule has 2 heterocycles. The van der Waals surface area contributed by atoms with E-state index < -0.39 is 24.7 Å². The van der Waals surface area contributed by atoms with Crippen molar-refractivity contribution >= 4 is 11.9 Å². The van der Waals surface area contributed by atoms with Crippen molar-refractivity contribution in [2.75, 3.05) is 7.11 Å². The molecule has 0 saturated carbocycles. The minimum absolute atomic E-state index is 0.00216. The molecule has 2 saturated heterocycles. The molecule has 8 atom stereocenters. The standard InChI is InChI=1S/C15H20O4.C14H18O4/c1-4-12-10(2)13(15(17-3)18-12)19-14(16)11-8-6-5-7-9-11;1-3-11-9(2)12(14(16)17-11)18-13(15)10-7-5-4-6-8-10/h5-10,12-13,15H,4H2,1-3H3;4-9,11-12,14,16H,3H2,1-2H3/t10-,12+,13-,15?;9-,11+,12-,14?/m11/s1. The molecule has 202 valence electrons. The van der Waals surface area contributed by atoms with Crippen LogP contribution in [0.3, 0.4) is 0 Å². The summed E-state index contributed by atoms with van der Waals surface area (Å²) in [5.41, 5.74) is 1.03. The number of carbonyl (C=O) groups is 2. The smallest absolute Gasteiger partial charge is 0.338 e. The summed E-state index contributed by atoms with van der Waals surface area (Å²) in [4.78, 5) is 24.0. The highest BCUT2D eigenvalue weighted by molar-refractivity contribution is 5.89. The molecule has 8 heteroatoms. The molecule has 2 aliphatic rings. The maximum absolute atomic E-state index is 12.1. The predicted octanol–water partition coefficient (Wildman–Crippen LogP) is 4.60. The van der Waals surface area contributed by atoms with Crippen LogP contribution in [0.2, 0.25) is 0 Å². The number of rotatable bonds is 7. The lowest BCUT2D eigenvalue weighted by molar-refractivity contribution is -0.150. The van der Waals surface area contributed by atoms with Gasteiger partial charge in [0.15, 0.2) is 24.8 Å². The molecule has 0 spiro atoms. The first kappa shape index (κ1) is 28.8. The normalized spacial score (nSPS) is 30.8. The summed E-state index contributed by atoms with van der Waals surface area (Å²) >= 11 is 0. The van der Waals surface area contributed by atoms with Crippen molar-refractivity contribution in [3.8, 4) is 0 Å². The third kappa shape index (κ3) is 7.17. The fourth-order valence-electron chi connectivity index (χ4n) is 4.67.